The van der Waals surface area contributed by atoms with Crippen LogP contribution in [0.4, 0.5) is 0 Å². The second kappa shape index (κ2) is 5.64. The van der Waals surface area contributed by atoms with Crippen LogP contribution in [0.1, 0.15) is 31.4 Å². The number of rotatable bonds is 4. The molecular weight excluding hydrogens is 262 g/mol. The summed E-state index contributed by atoms with van der Waals surface area (Å²) >= 11 is 0. The summed E-state index contributed by atoms with van der Waals surface area (Å²) in [6, 6.07) is 2.07. The van der Waals surface area contributed by atoms with E-state index in [-0.39, 0.29) is 6.04 Å². The fraction of sp³-hybridized carbons (Fsp3) is 0.692. The molecule has 5 nitrogen and oxygen atoms in total. The number of aromatic nitrogens is 1. The van der Waals surface area contributed by atoms with Gasteiger partial charge in [-0.15, -0.1) is 0 Å². The standard InChI is InChI=1S/C13H23N3O2S/c1-11(14)13-5-7-15(10-13)8-12-4-3-6-16(9-12)19(2,17)18/h5,7,10-12H,3-4,6,8-9,14H2,1-2H3. The maximum atomic E-state index is 11.6. The molecule has 2 heterocycles. The summed E-state index contributed by atoms with van der Waals surface area (Å²) < 4.78 is 26.9. The molecule has 2 rings (SSSR count). The molecule has 0 spiro atoms. The largest absolute Gasteiger partial charge is 0.354 e. The average Bonchev–Trinajstić information content (AvgIpc) is 2.77. The summed E-state index contributed by atoms with van der Waals surface area (Å²) in [5.74, 6) is 0.386. The Balaban J connectivity index is 1.98. The molecule has 1 aromatic rings. The Kier molecular flexibility index (Phi) is 4.32. The molecule has 0 bridgehead atoms. The minimum Gasteiger partial charge on any atom is -0.354 e. The van der Waals surface area contributed by atoms with Gasteiger partial charge in [0.1, 0.15) is 0 Å². The van der Waals surface area contributed by atoms with Crippen LogP contribution in [0, 0.1) is 5.92 Å². The van der Waals surface area contributed by atoms with E-state index in [2.05, 4.69) is 10.8 Å². The molecule has 0 radical (unpaired) electrons. The van der Waals surface area contributed by atoms with E-state index in [1.807, 2.05) is 19.2 Å². The summed E-state index contributed by atoms with van der Waals surface area (Å²) in [7, 11) is -3.06. The summed E-state index contributed by atoms with van der Waals surface area (Å²) in [5, 5.41) is 0. The van der Waals surface area contributed by atoms with Crippen LogP contribution in [-0.2, 0) is 16.6 Å². The van der Waals surface area contributed by atoms with Crippen molar-refractivity contribution >= 4 is 10.0 Å². The van der Waals surface area contributed by atoms with Crippen molar-refractivity contribution in [2.45, 2.75) is 32.4 Å². The molecule has 2 atom stereocenters. The van der Waals surface area contributed by atoms with E-state index in [4.69, 9.17) is 5.73 Å². The smallest absolute Gasteiger partial charge is 0.211 e. The van der Waals surface area contributed by atoms with E-state index in [9.17, 15) is 8.42 Å². The average molecular weight is 285 g/mol. The number of piperidine rings is 1. The topological polar surface area (TPSA) is 68.3 Å². The van der Waals surface area contributed by atoms with E-state index < -0.39 is 10.0 Å². The number of nitrogens with zero attached hydrogens (tertiary/aromatic N) is 2. The van der Waals surface area contributed by atoms with Crippen molar-refractivity contribution in [2.75, 3.05) is 19.3 Å². The molecule has 0 aliphatic carbocycles. The lowest BCUT2D eigenvalue weighted by Gasteiger charge is -2.31. The van der Waals surface area contributed by atoms with Crippen molar-refractivity contribution in [3.05, 3.63) is 24.0 Å². The van der Waals surface area contributed by atoms with Gasteiger partial charge in [-0.3, -0.25) is 0 Å². The Morgan fingerprint density at radius 1 is 1.53 bits per heavy atom. The predicted octanol–water partition coefficient (Wildman–Crippen LogP) is 1.18. The van der Waals surface area contributed by atoms with Gasteiger partial charge in [0.25, 0.3) is 0 Å². The summed E-state index contributed by atoms with van der Waals surface area (Å²) in [5.41, 5.74) is 6.96. The molecule has 2 N–H and O–H groups in total. The fourth-order valence-corrected chi connectivity index (χ4v) is 3.56. The molecule has 19 heavy (non-hydrogen) atoms. The summed E-state index contributed by atoms with van der Waals surface area (Å²) in [4.78, 5) is 0. The van der Waals surface area contributed by atoms with Crippen LogP contribution < -0.4 is 5.73 Å². The highest BCUT2D eigenvalue weighted by molar-refractivity contribution is 7.88. The normalized spacial score (nSPS) is 23.4. The Morgan fingerprint density at radius 3 is 2.84 bits per heavy atom. The van der Waals surface area contributed by atoms with Crippen molar-refractivity contribution in [2.24, 2.45) is 11.7 Å². The van der Waals surface area contributed by atoms with E-state index in [1.54, 1.807) is 4.31 Å². The van der Waals surface area contributed by atoms with Crippen LogP contribution in [0.2, 0.25) is 0 Å². The quantitative estimate of drug-likeness (QED) is 0.903. The Labute approximate surface area is 115 Å². The molecule has 1 fully saturated rings. The van der Waals surface area contributed by atoms with Gasteiger partial charge < -0.3 is 10.3 Å². The van der Waals surface area contributed by atoms with Crippen molar-refractivity contribution in [1.82, 2.24) is 8.87 Å². The Bertz CT molecular complexity index is 522. The highest BCUT2D eigenvalue weighted by atomic mass is 32.2. The molecular formula is C13H23N3O2S. The predicted molar refractivity (Wildman–Crippen MR) is 76.2 cm³/mol. The zero-order valence-electron chi connectivity index (χ0n) is 11.6. The van der Waals surface area contributed by atoms with Gasteiger partial charge in [-0.25, -0.2) is 12.7 Å². The van der Waals surface area contributed by atoms with E-state index in [0.29, 0.717) is 19.0 Å². The molecule has 1 aliphatic rings. The van der Waals surface area contributed by atoms with Gasteiger partial charge in [-0.05, 0) is 37.3 Å². The van der Waals surface area contributed by atoms with Crippen LogP contribution >= 0.6 is 0 Å². The van der Waals surface area contributed by atoms with Gasteiger partial charge in [-0.2, -0.15) is 0 Å². The lowest BCUT2D eigenvalue weighted by Crippen LogP contribution is -2.40. The van der Waals surface area contributed by atoms with Crippen LogP contribution in [0.25, 0.3) is 0 Å². The zero-order chi connectivity index (χ0) is 14.0. The van der Waals surface area contributed by atoms with Gasteiger partial charge in [0.15, 0.2) is 0 Å². The SMILES string of the molecule is CC(N)c1ccn(CC2CCCN(S(C)(=O)=O)C2)c1. The maximum absolute atomic E-state index is 11.6. The maximum Gasteiger partial charge on any atom is 0.211 e. The van der Waals surface area contributed by atoms with E-state index >= 15 is 0 Å². The minimum atomic E-state index is -3.06. The van der Waals surface area contributed by atoms with Gasteiger partial charge >= 0.3 is 0 Å². The molecule has 0 amide bonds. The lowest BCUT2D eigenvalue weighted by atomic mass is 10.00. The molecule has 0 aromatic carbocycles. The van der Waals surface area contributed by atoms with E-state index in [0.717, 1.165) is 24.9 Å². The molecule has 1 aliphatic heterocycles. The molecule has 2 unspecified atom stereocenters. The van der Waals surface area contributed by atoms with Crippen LogP contribution in [-0.4, -0.2) is 36.6 Å². The summed E-state index contributed by atoms with van der Waals surface area (Å²) in [6.45, 7) is 4.11. The highest BCUT2D eigenvalue weighted by Crippen LogP contribution is 2.21. The van der Waals surface area contributed by atoms with Gasteiger partial charge in [0.05, 0.1) is 6.26 Å². The molecule has 1 saturated heterocycles. The first-order valence-corrected chi connectivity index (χ1v) is 8.57. The van der Waals surface area contributed by atoms with Crippen molar-refractivity contribution < 1.29 is 8.42 Å². The first-order valence-electron chi connectivity index (χ1n) is 6.72. The lowest BCUT2D eigenvalue weighted by molar-refractivity contribution is 0.246. The highest BCUT2D eigenvalue weighted by Gasteiger charge is 2.25. The minimum absolute atomic E-state index is 0.0418. The third kappa shape index (κ3) is 3.81. The van der Waals surface area contributed by atoms with Crippen LogP contribution in [0.3, 0.4) is 0 Å². The molecule has 1 aromatic heterocycles. The van der Waals surface area contributed by atoms with Gasteiger partial charge in [0, 0.05) is 38.1 Å². The number of hydrogen-bond acceptors (Lipinski definition) is 3. The number of sulfonamides is 1. The van der Waals surface area contributed by atoms with Gasteiger partial charge in [-0.1, -0.05) is 0 Å². The first-order chi connectivity index (χ1) is 8.86. The molecule has 0 saturated carbocycles. The van der Waals surface area contributed by atoms with Crippen LogP contribution in [0.5, 0.6) is 0 Å². The molecule has 6 heteroatoms. The Morgan fingerprint density at radius 2 is 2.26 bits per heavy atom. The Hall–Kier alpha value is -0.850. The summed E-state index contributed by atoms with van der Waals surface area (Å²) in [6.07, 6.45) is 7.40. The van der Waals surface area contributed by atoms with Crippen molar-refractivity contribution in [1.29, 1.82) is 0 Å². The third-order valence-corrected chi connectivity index (χ3v) is 4.99. The monoisotopic (exact) mass is 285 g/mol. The zero-order valence-corrected chi connectivity index (χ0v) is 12.4. The van der Waals surface area contributed by atoms with Gasteiger partial charge in [0.2, 0.25) is 10.0 Å². The second-order valence-electron chi connectivity index (χ2n) is 5.56. The second-order valence-corrected chi connectivity index (χ2v) is 7.54. The fourth-order valence-electron chi connectivity index (χ4n) is 2.62. The third-order valence-electron chi connectivity index (χ3n) is 3.72. The van der Waals surface area contributed by atoms with E-state index in [1.165, 1.54) is 6.26 Å². The first kappa shape index (κ1) is 14.6. The van der Waals surface area contributed by atoms with Crippen molar-refractivity contribution in [3.63, 3.8) is 0 Å². The number of hydrogen-bond donors (Lipinski definition) is 1. The number of nitrogens with two attached hydrogens (primary N) is 1. The van der Waals surface area contributed by atoms with Crippen molar-refractivity contribution in [3.8, 4) is 0 Å². The molecule has 108 valence electrons. The van der Waals surface area contributed by atoms with Crippen LogP contribution in [0.15, 0.2) is 18.5 Å².